The fourth-order valence-corrected chi connectivity index (χ4v) is 2.76. The van der Waals surface area contributed by atoms with E-state index in [4.69, 9.17) is 5.11 Å². The van der Waals surface area contributed by atoms with Gasteiger partial charge >= 0.3 is 5.97 Å². The van der Waals surface area contributed by atoms with E-state index in [1.165, 1.54) is 30.5 Å². The van der Waals surface area contributed by atoms with Gasteiger partial charge in [-0.1, -0.05) is 0 Å². The number of carboxylic acids is 1. The first-order valence-electron chi connectivity index (χ1n) is 5.39. The van der Waals surface area contributed by atoms with Crippen LogP contribution in [0.4, 0.5) is 0 Å². The van der Waals surface area contributed by atoms with E-state index in [-0.39, 0.29) is 22.3 Å². The molecule has 0 aromatic heterocycles. The van der Waals surface area contributed by atoms with Crippen LogP contribution in [-0.4, -0.2) is 41.8 Å². The van der Waals surface area contributed by atoms with Gasteiger partial charge in [-0.05, 0) is 31.2 Å². The molecule has 0 radical (unpaired) electrons. The largest absolute Gasteiger partial charge is 0.478 e. The molecule has 0 aliphatic carbocycles. The van der Waals surface area contributed by atoms with E-state index in [1.807, 2.05) is 0 Å². The van der Waals surface area contributed by atoms with Gasteiger partial charge in [0.05, 0.1) is 10.5 Å². The SMILES string of the molecule is C[C@@H](CNS(=O)(=O)c1ccc(C(=O)O)cc1)[S@](C)=O. The van der Waals surface area contributed by atoms with Gasteiger partial charge in [-0.2, -0.15) is 0 Å². The third-order valence-corrected chi connectivity index (χ3v) is 5.28. The van der Waals surface area contributed by atoms with Crippen molar-refractivity contribution in [1.82, 2.24) is 4.72 Å². The molecule has 2 atom stereocenters. The molecular weight excluding hydrogens is 290 g/mol. The molecule has 0 amide bonds. The molecule has 1 rings (SSSR count). The lowest BCUT2D eigenvalue weighted by Gasteiger charge is -2.10. The minimum Gasteiger partial charge on any atom is -0.478 e. The average molecular weight is 305 g/mol. The van der Waals surface area contributed by atoms with Gasteiger partial charge in [0.2, 0.25) is 10.0 Å². The quantitative estimate of drug-likeness (QED) is 0.794. The number of hydrogen-bond donors (Lipinski definition) is 2. The molecule has 0 aliphatic heterocycles. The highest BCUT2D eigenvalue weighted by atomic mass is 32.2. The zero-order valence-electron chi connectivity index (χ0n) is 10.5. The maximum atomic E-state index is 11.9. The molecule has 8 heteroatoms. The first-order valence-corrected chi connectivity index (χ1v) is 8.49. The summed E-state index contributed by atoms with van der Waals surface area (Å²) < 4.78 is 37.2. The number of hydrogen-bond acceptors (Lipinski definition) is 4. The van der Waals surface area contributed by atoms with E-state index in [1.54, 1.807) is 6.92 Å². The molecule has 0 aliphatic rings. The maximum Gasteiger partial charge on any atom is 0.335 e. The molecule has 19 heavy (non-hydrogen) atoms. The Kier molecular flexibility index (Phi) is 5.21. The maximum absolute atomic E-state index is 11.9. The average Bonchev–Trinajstić information content (AvgIpc) is 2.36. The monoisotopic (exact) mass is 305 g/mol. The van der Waals surface area contributed by atoms with Gasteiger partial charge in [0.25, 0.3) is 0 Å². The minimum absolute atomic E-state index is 0.0157. The number of carboxylic acid groups (broad SMARTS) is 1. The molecule has 0 spiro atoms. The predicted octanol–water partition coefficient (Wildman–Crippen LogP) is 0.430. The number of rotatable bonds is 6. The van der Waals surface area contributed by atoms with Crippen molar-refractivity contribution in [2.75, 3.05) is 12.8 Å². The summed E-state index contributed by atoms with van der Waals surface area (Å²) in [5.41, 5.74) is 0.0157. The summed E-state index contributed by atoms with van der Waals surface area (Å²) in [6.45, 7) is 1.73. The Morgan fingerprint density at radius 2 is 1.89 bits per heavy atom. The highest BCUT2D eigenvalue weighted by molar-refractivity contribution is 7.89. The Morgan fingerprint density at radius 1 is 1.37 bits per heavy atom. The highest BCUT2D eigenvalue weighted by Crippen LogP contribution is 2.10. The number of benzene rings is 1. The molecule has 0 saturated carbocycles. The zero-order valence-corrected chi connectivity index (χ0v) is 12.1. The van der Waals surface area contributed by atoms with E-state index >= 15 is 0 Å². The van der Waals surface area contributed by atoms with Crippen molar-refractivity contribution in [3.05, 3.63) is 29.8 Å². The van der Waals surface area contributed by atoms with Crippen LogP contribution < -0.4 is 4.72 Å². The van der Waals surface area contributed by atoms with Crippen molar-refractivity contribution in [1.29, 1.82) is 0 Å². The fourth-order valence-electron chi connectivity index (χ4n) is 1.20. The van der Waals surface area contributed by atoms with E-state index in [9.17, 15) is 17.4 Å². The smallest absolute Gasteiger partial charge is 0.335 e. The molecule has 0 bridgehead atoms. The van der Waals surface area contributed by atoms with Crippen LogP contribution in [0, 0.1) is 0 Å². The van der Waals surface area contributed by atoms with Crippen LogP contribution in [0.2, 0.25) is 0 Å². The van der Waals surface area contributed by atoms with Gasteiger partial charge < -0.3 is 5.11 Å². The Labute approximate surface area is 114 Å². The number of aromatic carboxylic acids is 1. The van der Waals surface area contributed by atoms with Crippen LogP contribution in [0.1, 0.15) is 17.3 Å². The third-order valence-electron chi connectivity index (χ3n) is 2.54. The Hall–Kier alpha value is -1.25. The Morgan fingerprint density at radius 3 is 2.32 bits per heavy atom. The lowest BCUT2D eigenvalue weighted by Crippen LogP contribution is -2.32. The summed E-state index contributed by atoms with van der Waals surface area (Å²) >= 11 is 0. The molecule has 0 unspecified atom stereocenters. The second-order valence-electron chi connectivity index (χ2n) is 3.99. The number of sulfonamides is 1. The van der Waals surface area contributed by atoms with Crippen LogP contribution in [0.3, 0.4) is 0 Å². The molecule has 0 fully saturated rings. The van der Waals surface area contributed by atoms with Crippen molar-refractivity contribution in [2.24, 2.45) is 0 Å². The summed E-state index contributed by atoms with van der Waals surface area (Å²) in [5, 5.41) is 8.42. The van der Waals surface area contributed by atoms with E-state index in [2.05, 4.69) is 4.72 Å². The third kappa shape index (κ3) is 4.41. The van der Waals surface area contributed by atoms with Crippen molar-refractivity contribution in [3.8, 4) is 0 Å². The second-order valence-corrected chi connectivity index (χ2v) is 7.56. The molecule has 1 aromatic carbocycles. The van der Waals surface area contributed by atoms with Gasteiger partial charge in [-0.3, -0.25) is 4.21 Å². The molecule has 0 heterocycles. The predicted molar refractivity (Wildman–Crippen MR) is 72.1 cm³/mol. The van der Waals surface area contributed by atoms with E-state index in [0.717, 1.165) is 0 Å². The first kappa shape index (κ1) is 15.8. The van der Waals surface area contributed by atoms with Gasteiger partial charge in [-0.25, -0.2) is 17.9 Å². The lowest BCUT2D eigenvalue weighted by atomic mass is 10.2. The first-order chi connectivity index (χ1) is 8.74. The standard InChI is InChI=1S/C11H15NO5S2/c1-8(18(2)15)7-12-19(16,17)10-5-3-9(4-6-10)11(13)14/h3-6,8,12H,7H2,1-2H3,(H,13,14)/t8-,18-/m0/s1. The number of carbonyl (C=O) groups is 1. The highest BCUT2D eigenvalue weighted by Gasteiger charge is 2.16. The van der Waals surface area contributed by atoms with Crippen LogP contribution in [-0.2, 0) is 20.8 Å². The van der Waals surface area contributed by atoms with E-state index < -0.39 is 26.8 Å². The summed E-state index contributed by atoms with van der Waals surface area (Å²) in [4.78, 5) is 10.6. The summed E-state index contributed by atoms with van der Waals surface area (Å²) in [7, 11) is -4.82. The lowest BCUT2D eigenvalue weighted by molar-refractivity contribution is 0.0696. The van der Waals surface area contributed by atoms with Gasteiger partial charge in [0.15, 0.2) is 0 Å². The van der Waals surface area contributed by atoms with Crippen molar-refractivity contribution in [2.45, 2.75) is 17.1 Å². The Bertz CT molecular complexity index is 580. The van der Waals surface area contributed by atoms with Crippen LogP contribution in [0.15, 0.2) is 29.2 Å². The van der Waals surface area contributed by atoms with Crippen LogP contribution in [0.5, 0.6) is 0 Å². The topological polar surface area (TPSA) is 101 Å². The molecule has 106 valence electrons. The van der Waals surface area contributed by atoms with Crippen molar-refractivity contribution in [3.63, 3.8) is 0 Å². The molecule has 0 saturated heterocycles. The van der Waals surface area contributed by atoms with Gasteiger partial charge in [0, 0.05) is 28.9 Å². The fraction of sp³-hybridized carbons (Fsp3) is 0.364. The molecule has 2 N–H and O–H groups in total. The van der Waals surface area contributed by atoms with Crippen molar-refractivity contribution < 1.29 is 22.5 Å². The molecule has 6 nitrogen and oxygen atoms in total. The minimum atomic E-state index is -3.71. The van der Waals surface area contributed by atoms with Crippen LogP contribution in [0.25, 0.3) is 0 Å². The number of nitrogens with one attached hydrogen (secondary N) is 1. The van der Waals surface area contributed by atoms with Gasteiger partial charge in [-0.15, -0.1) is 0 Å². The second kappa shape index (κ2) is 6.27. The Balaban J connectivity index is 2.83. The molecule has 1 aromatic rings. The van der Waals surface area contributed by atoms with Gasteiger partial charge in [0.1, 0.15) is 0 Å². The van der Waals surface area contributed by atoms with E-state index in [0.29, 0.717) is 0 Å². The molecular formula is C11H15NO5S2. The zero-order chi connectivity index (χ0) is 14.6. The summed E-state index contributed by atoms with van der Waals surface area (Å²) in [6, 6.07) is 4.88. The summed E-state index contributed by atoms with van der Waals surface area (Å²) in [6.07, 6.45) is 1.50. The normalized spacial score (nSPS) is 14.8. The summed E-state index contributed by atoms with van der Waals surface area (Å²) in [5.74, 6) is -1.12. The van der Waals surface area contributed by atoms with Crippen molar-refractivity contribution >= 4 is 26.8 Å². The van der Waals surface area contributed by atoms with Crippen LogP contribution >= 0.6 is 0 Å².